The number of amides is 2. The van der Waals surface area contributed by atoms with Crippen LogP contribution in [-0.4, -0.2) is 126 Å². The number of rotatable bonds is 10. The summed E-state index contributed by atoms with van der Waals surface area (Å²) < 4.78 is 17.1. The van der Waals surface area contributed by atoms with Gasteiger partial charge in [-0.1, -0.05) is 22.0 Å². The van der Waals surface area contributed by atoms with Gasteiger partial charge in [-0.2, -0.15) is 0 Å². The second-order valence-corrected chi connectivity index (χ2v) is 10.4. The minimum absolute atomic E-state index is 0.00456. The van der Waals surface area contributed by atoms with E-state index in [1.807, 2.05) is 0 Å². The Bertz CT molecular complexity index is 807. The number of aliphatic hydroxyl groups is 1. The molecule has 1 N–H and O–H groups in total. The summed E-state index contributed by atoms with van der Waals surface area (Å²) in [6.07, 6.45) is 1.55. The number of likely N-dealkylation sites (tertiary alicyclic amines) is 1. The van der Waals surface area contributed by atoms with Gasteiger partial charge >= 0.3 is 5.97 Å². The van der Waals surface area contributed by atoms with E-state index in [1.54, 1.807) is 17.9 Å². The minimum atomic E-state index is -1.14. The summed E-state index contributed by atoms with van der Waals surface area (Å²) in [4.78, 5) is 45.6. The summed E-state index contributed by atoms with van der Waals surface area (Å²) in [7, 11) is 0. The number of ether oxygens (including phenoxy) is 3. The van der Waals surface area contributed by atoms with Crippen LogP contribution >= 0.6 is 15.9 Å². The number of morpholine rings is 1. The van der Waals surface area contributed by atoms with Crippen molar-refractivity contribution < 1.29 is 33.7 Å². The summed E-state index contributed by atoms with van der Waals surface area (Å²) in [5.74, 6) is -2.66. The van der Waals surface area contributed by atoms with Gasteiger partial charge in [0.05, 0.1) is 44.4 Å². The van der Waals surface area contributed by atoms with Crippen LogP contribution in [0.2, 0.25) is 0 Å². The van der Waals surface area contributed by atoms with E-state index in [9.17, 15) is 19.5 Å². The maximum atomic E-state index is 14.0. The number of carbonyl (C=O) groups is 3. The summed E-state index contributed by atoms with van der Waals surface area (Å²) >= 11 is 3.62. The molecule has 4 aliphatic rings. The number of hydrogen-bond acceptors (Lipinski definition) is 8. The third-order valence-electron chi connectivity index (χ3n) is 7.37. The predicted molar refractivity (Wildman–Crippen MR) is 125 cm³/mol. The van der Waals surface area contributed by atoms with Gasteiger partial charge in [-0.15, -0.1) is 6.58 Å². The van der Waals surface area contributed by atoms with E-state index in [0.717, 1.165) is 13.1 Å². The molecule has 1 spiro atoms. The lowest BCUT2D eigenvalue weighted by Crippen LogP contribution is -2.58. The highest BCUT2D eigenvalue weighted by atomic mass is 79.9. The maximum absolute atomic E-state index is 14.0. The van der Waals surface area contributed by atoms with Crippen LogP contribution in [0.4, 0.5) is 0 Å². The standard InChI is InChI=1S/C23H34BrN3O7/c1-3-5-26(7-6-25-9-12-32-13-10-25)21(30)19-23-14-15(24)18(34-23)16(22(31)33-4-2)17(23)20(29)27(19)8-11-28/h3,15-19,28H,1,4-14H2,2H3/t15?,16-,17+,18-,19-,23+/m0/s1. The number of aliphatic hydroxyl groups excluding tert-OH is 1. The molecule has 0 aromatic carbocycles. The van der Waals surface area contributed by atoms with Crippen LogP contribution in [0.3, 0.4) is 0 Å². The topological polar surface area (TPSA) is 109 Å². The van der Waals surface area contributed by atoms with Crippen molar-refractivity contribution >= 4 is 33.7 Å². The van der Waals surface area contributed by atoms with Gasteiger partial charge in [0.2, 0.25) is 11.8 Å². The number of halogens is 1. The number of β-amino-alcohol motifs (C(OH)–C–C–N with tert-alkyl or cyclic N) is 1. The summed E-state index contributed by atoms with van der Waals surface area (Å²) in [5, 5.41) is 9.71. The Morgan fingerprint density at radius 2 is 2.09 bits per heavy atom. The number of nitrogens with zero attached hydrogens (tertiary/aromatic N) is 3. The molecular weight excluding hydrogens is 510 g/mol. The van der Waals surface area contributed by atoms with Crippen LogP contribution in [0, 0.1) is 11.8 Å². The van der Waals surface area contributed by atoms with Gasteiger partial charge < -0.3 is 29.1 Å². The lowest BCUT2D eigenvalue weighted by Gasteiger charge is -2.37. The van der Waals surface area contributed by atoms with Gasteiger partial charge in [0.25, 0.3) is 0 Å². The van der Waals surface area contributed by atoms with Gasteiger partial charge in [-0.05, 0) is 13.3 Å². The first-order valence-corrected chi connectivity index (χ1v) is 12.9. The molecule has 11 heteroatoms. The van der Waals surface area contributed by atoms with E-state index in [2.05, 4.69) is 27.4 Å². The molecule has 4 rings (SSSR count). The zero-order valence-electron chi connectivity index (χ0n) is 19.6. The Morgan fingerprint density at radius 1 is 1.35 bits per heavy atom. The average molecular weight is 544 g/mol. The van der Waals surface area contributed by atoms with Crippen molar-refractivity contribution in [2.24, 2.45) is 11.8 Å². The summed E-state index contributed by atoms with van der Waals surface area (Å²) in [6.45, 7) is 9.82. The summed E-state index contributed by atoms with van der Waals surface area (Å²) in [6, 6.07) is -0.925. The molecule has 190 valence electrons. The van der Waals surface area contributed by atoms with Crippen molar-refractivity contribution in [1.82, 2.24) is 14.7 Å². The Balaban J connectivity index is 1.62. The van der Waals surface area contributed by atoms with Gasteiger partial charge in [0.1, 0.15) is 11.6 Å². The van der Waals surface area contributed by atoms with Gasteiger partial charge in [-0.25, -0.2) is 0 Å². The zero-order valence-corrected chi connectivity index (χ0v) is 21.2. The molecule has 1 unspecified atom stereocenters. The second kappa shape index (κ2) is 10.6. The number of hydrogen-bond donors (Lipinski definition) is 1. The van der Waals surface area contributed by atoms with Crippen molar-refractivity contribution in [2.45, 2.75) is 35.9 Å². The van der Waals surface area contributed by atoms with Crippen molar-refractivity contribution in [3.05, 3.63) is 12.7 Å². The molecule has 4 fully saturated rings. The first-order chi connectivity index (χ1) is 16.4. The van der Waals surface area contributed by atoms with Crippen molar-refractivity contribution in [3.8, 4) is 0 Å². The molecule has 0 saturated carbocycles. The van der Waals surface area contributed by atoms with Crippen LogP contribution in [-0.2, 0) is 28.6 Å². The van der Waals surface area contributed by atoms with Gasteiger partial charge in [-0.3, -0.25) is 19.3 Å². The molecular formula is C23H34BrN3O7. The van der Waals surface area contributed by atoms with E-state index < -0.39 is 35.6 Å². The first kappa shape index (κ1) is 25.6. The van der Waals surface area contributed by atoms with Crippen molar-refractivity contribution in [1.29, 1.82) is 0 Å². The maximum Gasteiger partial charge on any atom is 0.312 e. The minimum Gasteiger partial charge on any atom is -0.466 e. The molecule has 4 heterocycles. The van der Waals surface area contributed by atoms with E-state index in [0.29, 0.717) is 39.3 Å². The molecule has 4 aliphatic heterocycles. The number of esters is 1. The Hall–Kier alpha value is -1.53. The Kier molecular flexibility index (Phi) is 7.98. The number of fused-ring (bicyclic) bond motifs is 1. The molecule has 4 saturated heterocycles. The normalized spacial score (nSPS) is 34.9. The number of alkyl halides is 1. The second-order valence-electron chi connectivity index (χ2n) is 9.20. The smallest absolute Gasteiger partial charge is 0.312 e. The molecule has 0 aromatic rings. The van der Waals surface area contributed by atoms with Crippen LogP contribution < -0.4 is 0 Å². The third kappa shape index (κ3) is 4.30. The Morgan fingerprint density at radius 3 is 2.74 bits per heavy atom. The highest BCUT2D eigenvalue weighted by Crippen LogP contribution is 2.60. The fraction of sp³-hybridized carbons (Fsp3) is 0.783. The Labute approximate surface area is 208 Å². The monoisotopic (exact) mass is 543 g/mol. The fourth-order valence-electron chi connectivity index (χ4n) is 5.97. The van der Waals surface area contributed by atoms with Gasteiger partial charge in [0, 0.05) is 44.1 Å². The SMILES string of the molecule is C=CCN(CCN1CCOCC1)C(=O)[C@@H]1N(CCO)C(=O)[C@H]2[C@H](C(=O)OCC)[C@H]3O[C@@]12CC3Br. The molecule has 2 bridgehead atoms. The van der Waals surface area contributed by atoms with Crippen LogP contribution in [0.25, 0.3) is 0 Å². The van der Waals surface area contributed by atoms with Crippen LogP contribution in [0.5, 0.6) is 0 Å². The molecule has 0 radical (unpaired) electrons. The number of carbonyl (C=O) groups excluding carboxylic acids is 3. The predicted octanol–water partition coefficient (Wildman–Crippen LogP) is -0.363. The van der Waals surface area contributed by atoms with Gasteiger partial charge in [0.15, 0.2) is 0 Å². The summed E-state index contributed by atoms with van der Waals surface area (Å²) in [5.41, 5.74) is -1.14. The van der Waals surface area contributed by atoms with E-state index in [-0.39, 0.29) is 36.4 Å². The quantitative estimate of drug-likeness (QED) is 0.226. The fourth-order valence-corrected chi connectivity index (χ4v) is 6.91. The molecule has 34 heavy (non-hydrogen) atoms. The highest BCUT2D eigenvalue weighted by molar-refractivity contribution is 9.09. The molecule has 0 aromatic heterocycles. The lowest BCUT2D eigenvalue weighted by molar-refractivity contribution is -0.155. The lowest BCUT2D eigenvalue weighted by atomic mass is 9.70. The molecule has 2 amide bonds. The highest BCUT2D eigenvalue weighted by Gasteiger charge is 2.77. The largest absolute Gasteiger partial charge is 0.466 e. The van der Waals surface area contributed by atoms with E-state index in [4.69, 9.17) is 14.2 Å². The van der Waals surface area contributed by atoms with Crippen LogP contribution in [0.1, 0.15) is 13.3 Å². The molecule has 6 atom stereocenters. The first-order valence-electron chi connectivity index (χ1n) is 12.0. The van der Waals surface area contributed by atoms with Crippen LogP contribution in [0.15, 0.2) is 12.7 Å². The van der Waals surface area contributed by atoms with E-state index >= 15 is 0 Å². The van der Waals surface area contributed by atoms with Crippen molar-refractivity contribution in [2.75, 3.05) is 65.7 Å². The molecule has 10 nitrogen and oxygen atoms in total. The molecule has 0 aliphatic carbocycles. The van der Waals surface area contributed by atoms with Crippen molar-refractivity contribution in [3.63, 3.8) is 0 Å². The third-order valence-corrected chi connectivity index (χ3v) is 8.22. The van der Waals surface area contributed by atoms with E-state index in [1.165, 1.54) is 4.90 Å². The average Bonchev–Trinajstić information content (AvgIpc) is 3.41. The zero-order chi connectivity index (χ0) is 24.5.